The Kier molecular flexibility index (Phi) is 6.72. The van der Waals surface area contributed by atoms with E-state index >= 15 is 0 Å². The third kappa shape index (κ3) is 5.45. The number of rotatable bonds is 6. The lowest BCUT2D eigenvalue weighted by Crippen LogP contribution is -2.32. The van der Waals surface area contributed by atoms with E-state index in [9.17, 15) is 4.79 Å². The van der Waals surface area contributed by atoms with Gasteiger partial charge in [-0.25, -0.2) is 0 Å². The van der Waals surface area contributed by atoms with Gasteiger partial charge >= 0.3 is 5.97 Å². The van der Waals surface area contributed by atoms with Gasteiger partial charge in [-0.2, -0.15) is 0 Å². The fraction of sp³-hybridized carbons (Fsp3) is 0.188. The minimum Gasteiger partial charge on any atom is -0.489 e. The molecule has 0 aliphatic carbocycles. The van der Waals surface area contributed by atoms with Crippen molar-refractivity contribution in [1.82, 2.24) is 0 Å². The van der Waals surface area contributed by atoms with Gasteiger partial charge in [0, 0.05) is 0 Å². The van der Waals surface area contributed by atoms with Crippen molar-refractivity contribution in [2.75, 3.05) is 0 Å². The first kappa shape index (κ1) is 17.0. The molecule has 0 aliphatic rings. The molecule has 2 aromatic carbocycles. The lowest BCUT2D eigenvalue weighted by atomic mass is 10.1. The van der Waals surface area contributed by atoms with Crippen LogP contribution in [-0.4, -0.2) is 17.1 Å². The Hall–Kier alpha value is -2.04. The number of nitrogens with two attached hydrogens (primary N) is 1. The van der Waals surface area contributed by atoms with Crippen LogP contribution in [0.4, 0.5) is 0 Å². The van der Waals surface area contributed by atoms with Crippen LogP contribution in [0, 0.1) is 0 Å². The predicted octanol–water partition coefficient (Wildman–Crippen LogP) is 2.64. The monoisotopic (exact) mass is 307 g/mol. The van der Waals surface area contributed by atoms with Crippen molar-refractivity contribution in [1.29, 1.82) is 0 Å². The first-order valence-electron chi connectivity index (χ1n) is 6.39. The van der Waals surface area contributed by atoms with E-state index in [4.69, 9.17) is 15.6 Å². The van der Waals surface area contributed by atoms with Gasteiger partial charge in [-0.1, -0.05) is 42.5 Å². The van der Waals surface area contributed by atoms with Crippen molar-refractivity contribution in [3.8, 4) is 5.75 Å². The summed E-state index contributed by atoms with van der Waals surface area (Å²) in [6, 6.07) is 16.4. The van der Waals surface area contributed by atoms with Crippen LogP contribution in [0.5, 0.6) is 5.75 Å². The Morgan fingerprint density at radius 1 is 1.05 bits per heavy atom. The van der Waals surface area contributed by atoms with E-state index in [-0.39, 0.29) is 12.4 Å². The first-order valence-corrected chi connectivity index (χ1v) is 6.39. The summed E-state index contributed by atoms with van der Waals surface area (Å²) in [6.45, 7) is 0.509. The van der Waals surface area contributed by atoms with Crippen LogP contribution in [0.15, 0.2) is 54.6 Å². The van der Waals surface area contributed by atoms with E-state index in [1.165, 1.54) is 0 Å². The SMILES string of the molecule is Cl.N[C@@H](Cc1ccc(OCc2ccccc2)cc1)C(=O)O. The van der Waals surface area contributed by atoms with Gasteiger partial charge in [-0.05, 0) is 29.7 Å². The van der Waals surface area contributed by atoms with Crippen LogP contribution in [0.25, 0.3) is 0 Å². The van der Waals surface area contributed by atoms with Crippen LogP contribution in [0.3, 0.4) is 0 Å². The number of carboxylic acid groups (broad SMARTS) is 1. The van der Waals surface area contributed by atoms with Gasteiger partial charge in [0.25, 0.3) is 0 Å². The highest BCUT2D eigenvalue weighted by Gasteiger charge is 2.11. The molecule has 0 aliphatic heterocycles. The standard InChI is InChI=1S/C16H17NO3.ClH/c17-15(16(18)19)10-12-6-8-14(9-7-12)20-11-13-4-2-1-3-5-13;/h1-9,15H,10-11,17H2,(H,18,19);1H/t15-;/m0./s1. The van der Waals surface area contributed by atoms with Gasteiger partial charge < -0.3 is 15.6 Å². The molecule has 0 saturated carbocycles. The van der Waals surface area contributed by atoms with Gasteiger partial charge in [0.05, 0.1) is 0 Å². The number of carbonyl (C=O) groups is 1. The Bertz CT molecular complexity index is 557. The summed E-state index contributed by atoms with van der Waals surface area (Å²) in [5, 5.41) is 8.76. The van der Waals surface area contributed by atoms with E-state index in [2.05, 4.69) is 0 Å². The Morgan fingerprint density at radius 3 is 2.24 bits per heavy atom. The highest BCUT2D eigenvalue weighted by Crippen LogP contribution is 2.15. The molecule has 2 aromatic rings. The van der Waals surface area contributed by atoms with E-state index in [0.717, 1.165) is 16.9 Å². The molecule has 5 heteroatoms. The van der Waals surface area contributed by atoms with Gasteiger partial charge in [0.15, 0.2) is 0 Å². The summed E-state index contributed by atoms with van der Waals surface area (Å²) in [4.78, 5) is 10.7. The van der Waals surface area contributed by atoms with Crippen LogP contribution in [0.2, 0.25) is 0 Å². The van der Waals surface area contributed by atoms with Crippen molar-refractivity contribution in [3.63, 3.8) is 0 Å². The summed E-state index contributed by atoms with van der Waals surface area (Å²) < 4.78 is 5.65. The van der Waals surface area contributed by atoms with Crippen LogP contribution in [-0.2, 0) is 17.8 Å². The summed E-state index contributed by atoms with van der Waals surface area (Å²) in [6.07, 6.45) is 0.314. The number of benzene rings is 2. The number of hydrogen-bond acceptors (Lipinski definition) is 3. The summed E-state index contributed by atoms with van der Waals surface area (Å²) in [7, 11) is 0. The number of hydrogen-bond donors (Lipinski definition) is 2. The van der Waals surface area contributed by atoms with E-state index in [1.807, 2.05) is 54.6 Å². The van der Waals surface area contributed by atoms with E-state index in [1.54, 1.807) is 0 Å². The summed E-state index contributed by atoms with van der Waals surface area (Å²) in [5.41, 5.74) is 7.47. The number of halogens is 1. The van der Waals surface area contributed by atoms with Gasteiger partial charge in [0.2, 0.25) is 0 Å². The maximum atomic E-state index is 10.7. The lowest BCUT2D eigenvalue weighted by molar-refractivity contribution is -0.138. The second-order valence-corrected chi connectivity index (χ2v) is 4.57. The van der Waals surface area contributed by atoms with Crippen molar-refractivity contribution in [3.05, 3.63) is 65.7 Å². The minimum atomic E-state index is -0.991. The maximum Gasteiger partial charge on any atom is 0.320 e. The molecule has 0 fully saturated rings. The smallest absolute Gasteiger partial charge is 0.320 e. The zero-order chi connectivity index (χ0) is 14.4. The highest BCUT2D eigenvalue weighted by atomic mass is 35.5. The zero-order valence-electron chi connectivity index (χ0n) is 11.4. The largest absolute Gasteiger partial charge is 0.489 e. The molecule has 1 atom stereocenters. The summed E-state index contributed by atoms with van der Waals surface area (Å²) in [5.74, 6) is -0.240. The van der Waals surface area contributed by atoms with Crippen molar-refractivity contribution >= 4 is 18.4 Å². The zero-order valence-corrected chi connectivity index (χ0v) is 12.3. The van der Waals surface area contributed by atoms with Gasteiger partial charge in [0.1, 0.15) is 18.4 Å². The average molecular weight is 308 g/mol. The van der Waals surface area contributed by atoms with E-state index in [0.29, 0.717) is 13.0 Å². The molecule has 0 aromatic heterocycles. The predicted molar refractivity (Wildman–Crippen MR) is 83.8 cm³/mol. The molecule has 0 heterocycles. The second kappa shape index (κ2) is 8.29. The number of ether oxygens (including phenoxy) is 1. The Balaban J connectivity index is 0.00000220. The van der Waals surface area contributed by atoms with E-state index < -0.39 is 12.0 Å². The molecular formula is C16H18ClNO3. The fourth-order valence-electron chi connectivity index (χ4n) is 1.80. The minimum absolute atomic E-state index is 0. The van der Waals surface area contributed by atoms with Crippen molar-refractivity contribution < 1.29 is 14.6 Å². The summed E-state index contributed by atoms with van der Waals surface area (Å²) >= 11 is 0. The molecule has 112 valence electrons. The molecule has 4 nitrogen and oxygen atoms in total. The Morgan fingerprint density at radius 2 is 1.67 bits per heavy atom. The molecule has 0 spiro atoms. The molecular weight excluding hydrogens is 290 g/mol. The Labute approximate surface area is 130 Å². The van der Waals surface area contributed by atoms with Crippen molar-refractivity contribution in [2.24, 2.45) is 5.73 Å². The van der Waals surface area contributed by atoms with Crippen LogP contribution >= 0.6 is 12.4 Å². The molecule has 2 rings (SSSR count). The highest BCUT2D eigenvalue weighted by molar-refractivity contribution is 5.85. The molecule has 0 saturated heterocycles. The van der Waals surface area contributed by atoms with Gasteiger partial charge in [-0.3, -0.25) is 4.79 Å². The maximum absolute atomic E-state index is 10.7. The third-order valence-corrected chi connectivity index (χ3v) is 2.94. The molecule has 0 radical (unpaired) electrons. The molecule has 3 N–H and O–H groups in total. The first-order chi connectivity index (χ1) is 9.65. The quantitative estimate of drug-likeness (QED) is 0.860. The van der Waals surface area contributed by atoms with Crippen LogP contribution in [0.1, 0.15) is 11.1 Å². The number of carboxylic acids is 1. The lowest BCUT2D eigenvalue weighted by Gasteiger charge is -2.09. The topological polar surface area (TPSA) is 72.5 Å². The molecule has 0 bridgehead atoms. The van der Waals surface area contributed by atoms with Crippen molar-refractivity contribution in [2.45, 2.75) is 19.1 Å². The fourth-order valence-corrected chi connectivity index (χ4v) is 1.80. The second-order valence-electron chi connectivity index (χ2n) is 4.57. The third-order valence-electron chi connectivity index (χ3n) is 2.94. The average Bonchev–Trinajstić information content (AvgIpc) is 2.47. The normalized spacial score (nSPS) is 11.3. The molecule has 21 heavy (non-hydrogen) atoms. The molecule has 0 unspecified atom stereocenters. The molecule has 0 amide bonds. The van der Waals surface area contributed by atoms with Crippen LogP contribution < -0.4 is 10.5 Å². The number of aliphatic carboxylic acids is 1. The van der Waals surface area contributed by atoms with Gasteiger partial charge in [-0.15, -0.1) is 12.4 Å².